The summed E-state index contributed by atoms with van der Waals surface area (Å²) in [6.07, 6.45) is 3.69. The quantitative estimate of drug-likeness (QED) is 0.842. The molecule has 2 aromatic heterocycles. The lowest BCUT2D eigenvalue weighted by molar-refractivity contribution is -0.0176. The van der Waals surface area contributed by atoms with Crippen LogP contribution in [0.2, 0.25) is 0 Å². The van der Waals surface area contributed by atoms with E-state index in [1.54, 1.807) is 13.4 Å². The third-order valence-electron chi connectivity index (χ3n) is 3.15. The van der Waals surface area contributed by atoms with Gasteiger partial charge in [0.2, 0.25) is 5.88 Å². The molecule has 0 amide bonds. The molecule has 20 heavy (non-hydrogen) atoms. The molecule has 2 rings (SSSR count). The molecule has 0 saturated carbocycles. The Kier molecular flexibility index (Phi) is 4.09. The van der Waals surface area contributed by atoms with Crippen LogP contribution < -0.4 is 4.74 Å². The molecular weight excluding hydrogens is 254 g/mol. The molecule has 0 aliphatic heterocycles. The van der Waals surface area contributed by atoms with Crippen LogP contribution >= 0.6 is 0 Å². The van der Waals surface area contributed by atoms with E-state index in [1.807, 2.05) is 50.6 Å². The Balaban J connectivity index is 2.43. The molecule has 0 atom stereocenters. The second-order valence-corrected chi connectivity index (χ2v) is 5.09. The average molecular weight is 275 g/mol. The molecule has 2 aromatic rings. The molecule has 2 heterocycles. The van der Waals surface area contributed by atoms with Gasteiger partial charge in [0, 0.05) is 12.8 Å². The topological polar surface area (TPSA) is 49.2 Å². The molecule has 5 heteroatoms. The summed E-state index contributed by atoms with van der Waals surface area (Å²) in [5, 5.41) is 0. The van der Waals surface area contributed by atoms with E-state index in [1.165, 1.54) is 0 Å². The maximum Gasteiger partial charge on any atom is 0.238 e. The molecule has 0 radical (unpaired) electrons. The zero-order chi connectivity index (χ0) is 14.8. The first-order valence-corrected chi connectivity index (χ1v) is 6.68. The first-order valence-electron chi connectivity index (χ1n) is 6.68. The number of hydrogen-bond acceptors (Lipinski definition) is 4. The number of hydrogen-bond donors (Lipinski definition) is 0. The fraction of sp³-hybridized carbons (Fsp3) is 0.467. The third-order valence-corrected chi connectivity index (χ3v) is 3.15. The van der Waals surface area contributed by atoms with E-state index in [2.05, 4.69) is 9.97 Å². The Bertz CT molecular complexity index is 591. The second-order valence-electron chi connectivity index (χ2n) is 5.09. The van der Waals surface area contributed by atoms with E-state index < -0.39 is 5.60 Å². The van der Waals surface area contributed by atoms with Crippen LogP contribution in [0.1, 0.15) is 32.2 Å². The molecule has 0 unspecified atom stereocenters. The molecule has 0 aliphatic carbocycles. The minimum atomic E-state index is -0.439. The number of ether oxygens (including phenoxy) is 2. The molecule has 0 spiro atoms. The van der Waals surface area contributed by atoms with Gasteiger partial charge in [0.15, 0.2) is 0 Å². The summed E-state index contributed by atoms with van der Waals surface area (Å²) in [5.74, 6) is 0.563. The Labute approximate surface area is 119 Å². The summed E-state index contributed by atoms with van der Waals surface area (Å²) in [6, 6.07) is 3.94. The van der Waals surface area contributed by atoms with Gasteiger partial charge in [0.25, 0.3) is 0 Å². The molecule has 0 aromatic carbocycles. The zero-order valence-electron chi connectivity index (χ0n) is 12.7. The Morgan fingerprint density at radius 2 is 2.05 bits per heavy atom. The number of nitrogens with zero attached hydrogens (tertiary/aromatic N) is 3. The molecule has 0 saturated heterocycles. The minimum absolute atomic E-state index is 0.439. The van der Waals surface area contributed by atoms with Gasteiger partial charge >= 0.3 is 0 Å². The van der Waals surface area contributed by atoms with Gasteiger partial charge < -0.3 is 14.0 Å². The van der Waals surface area contributed by atoms with Gasteiger partial charge in [-0.25, -0.2) is 9.97 Å². The monoisotopic (exact) mass is 275 g/mol. The number of rotatable bonds is 5. The predicted octanol–water partition coefficient (Wildman–Crippen LogP) is 2.86. The van der Waals surface area contributed by atoms with Crippen LogP contribution in [0.3, 0.4) is 0 Å². The first kappa shape index (κ1) is 14.5. The van der Waals surface area contributed by atoms with Gasteiger partial charge in [0.1, 0.15) is 11.3 Å². The summed E-state index contributed by atoms with van der Waals surface area (Å²) in [4.78, 5) is 8.80. The van der Waals surface area contributed by atoms with E-state index in [0.29, 0.717) is 12.5 Å². The fourth-order valence-electron chi connectivity index (χ4n) is 2.10. The molecule has 0 N–H and O–H groups in total. The van der Waals surface area contributed by atoms with Crippen molar-refractivity contribution in [3.8, 4) is 11.6 Å². The SMILES string of the molecule is CCOC(C)(C)c1ccc(-n2cnc(C)c2)c(OC)n1. The van der Waals surface area contributed by atoms with Crippen LogP contribution in [0, 0.1) is 6.92 Å². The van der Waals surface area contributed by atoms with Crippen molar-refractivity contribution in [2.45, 2.75) is 33.3 Å². The van der Waals surface area contributed by atoms with Gasteiger partial charge in [0.05, 0.1) is 24.8 Å². The van der Waals surface area contributed by atoms with Crippen LogP contribution in [0.15, 0.2) is 24.7 Å². The molecule has 0 fully saturated rings. The average Bonchev–Trinajstić information content (AvgIpc) is 2.84. The maximum atomic E-state index is 5.73. The summed E-state index contributed by atoms with van der Waals surface area (Å²) < 4.78 is 13.0. The third kappa shape index (κ3) is 2.82. The zero-order valence-corrected chi connectivity index (χ0v) is 12.7. The molecule has 5 nitrogen and oxygen atoms in total. The standard InChI is InChI=1S/C15H21N3O2/c1-6-20-15(3,4)13-8-7-12(14(17-13)19-5)18-9-11(2)16-10-18/h7-10H,6H2,1-5H3. The summed E-state index contributed by atoms with van der Waals surface area (Å²) in [7, 11) is 1.62. The van der Waals surface area contributed by atoms with Crippen molar-refractivity contribution in [2.75, 3.05) is 13.7 Å². The number of imidazole rings is 1. The Hall–Kier alpha value is -1.88. The number of pyridine rings is 1. The van der Waals surface area contributed by atoms with Crippen LogP contribution in [-0.2, 0) is 10.3 Å². The van der Waals surface area contributed by atoms with Crippen LogP contribution in [0.4, 0.5) is 0 Å². The number of aryl methyl sites for hydroxylation is 1. The first-order chi connectivity index (χ1) is 9.47. The predicted molar refractivity (Wildman–Crippen MR) is 77.3 cm³/mol. The summed E-state index contributed by atoms with van der Waals surface area (Å²) >= 11 is 0. The second kappa shape index (κ2) is 5.63. The lowest BCUT2D eigenvalue weighted by Crippen LogP contribution is -2.23. The van der Waals surface area contributed by atoms with Crippen LogP contribution in [-0.4, -0.2) is 28.3 Å². The summed E-state index contributed by atoms with van der Waals surface area (Å²) in [5.41, 5.74) is 2.22. The molecule has 0 bridgehead atoms. The lowest BCUT2D eigenvalue weighted by atomic mass is 10.0. The van der Waals surface area contributed by atoms with E-state index >= 15 is 0 Å². The van der Waals surface area contributed by atoms with E-state index in [-0.39, 0.29) is 0 Å². The minimum Gasteiger partial charge on any atom is -0.479 e. The van der Waals surface area contributed by atoms with Gasteiger partial charge in [-0.2, -0.15) is 0 Å². The van der Waals surface area contributed by atoms with Gasteiger partial charge in [-0.15, -0.1) is 0 Å². The van der Waals surface area contributed by atoms with Crippen molar-refractivity contribution in [3.63, 3.8) is 0 Å². The largest absolute Gasteiger partial charge is 0.479 e. The number of aromatic nitrogens is 3. The van der Waals surface area contributed by atoms with Crippen molar-refractivity contribution in [3.05, 3.63) is 36.0 Å². The molecule has 0 aliphatic rings. The molecule has 108 valence electrons. The highest BCUT2D eigenvalue weighted by molar-refractivity contribution is 5.43. The lowest BCUT2D eigenvalue weighted by Gasteiger charge is -2.24. The van der Waals surface area contributed by atoms with Crippen LogP contribution in [0.25, 0.3) is 5.69 Å². The van der Waals surface area contributed by atoms with Crippen molar-refractivity contribution in [1.82, 2.24) is 14.5 Å². The molecular formula is C15H21N3O2. The highest BCUT2D eigenvalue weighted by Crippen LogP contribution is 2.28. The van der Waals surface area contributed by atoms with Gasteiger partial charge in [-0.05, 0) is 39.8 Å². The van der Waals surface area contributed by atoms with Crippen molar-refractivity contribution < 1.29 is 9.47 Å². The highest BCUT2D eigenvalue weighted by atomic mass is 16.5. The fourth-order valence-corrected chi connectivity index (χ4v) is 2.10. The van der Waals surface area contributed by atoms with Gasteiger partial charge in [-0.3, -0.25) is 0 Å². The van der Waals surface area contributed by atoms with E-state index in [9.17, 15) is 0 Å². The van der Waals surface area contributed by atoms with E-state index in [0.717, 1.165) is 17.1 Å². The van der Waals surface area contributed by atoms with Crippen molar-refractivity contribution in [1.29, 1.82) is 0 Å². The smallest absolute Gasteiger partial charge is 0.238 e. The summed E-state index contributed by atoms with van der Waals surface area (Å²) in [6.45, 7) is 8.56. The highest BCUT2D eigenvalue weighted by Gasteiger charge is 2.24. The van der Waals surface area contributed by atoms with Gasteiger partial charge in [-0.1, -0.05) is 0 Å². The van der Waals surface area contributed by atoms with Crippen LogP contribution in [0.5, 0.6) is 5.88 Å². The number of methoxy groups -OCH3 is 1. The van der Waals surface area contributed by atoms with Crippen molar-refractivity contribution in [2.24, 2.45) is 0 Å². The van der Waals surface area contributed by atoms with E-state index in [4.69, 9.17) is 9.47 Å². The normalized spacial score (nSPS) is 11.7. The van der Waals surface area contributed by atoms with Crippen molar-refractivity contribution >= 4 is 0 Å². The Morgan fingerprint density at radius 1 is 1.30 bits per heavy atom. The maximum absolute atomic E-state index is 5.73. The Morgan fingerprint density at radius 3 is 2.60 bits per heavy atom.